The summed E-state index contributed by atoms with van der Waals surface area (Å²) in [7, 11) is -5.13. The molecule has 1 N–H and O–H groups in total. The van der Waals surface area contributed by atoms with Gasteiger partial charge < -0.3 is 0 Å². The van der Waals surface area contributed by atoms with Gasteiger partial charge in [-0.15, -0.1) is 5.73 Å². The van der Waals surface area contributed by atoms with Gasteiger partial charge >= 0.3 is 0 Å². The maximum atomic E-state index is 13.0. The Morgan fingerprint density at radius 2 is 1.65 bits per heavy atom. The Morgan fingerprint density at radius 1 is 1.08 bits per heavy atom. The summed E-state index contributed by atoms with van der Waals surface area (Å²) in [4.78, 5) is 0.264. The third-order valence-corrected chi connectivity index (χ3v) is 6.91. The first kappa shape index (κ1) is 20.4. The molecule has 0 saturated carbocycles. The normalized spacial score (nSPS) is 13.1. The van der Waals surface area contributed by atoms with Crippen LogP contribution >= 0.6 is 0 Å². The summed E-state index contributed by atoms with van der Waals surface area (Å²) in [6, 6.07) is 16.9. The molecule has 0 spiro atoms. The van der Waals surface area contributed by atoms with Crippen molar-refractivity contribution in [1.29, 1.82) is 0 Å². The van der Waals surface area contributed by atoms with Crippen molar-refractivity contribution in [3.8, 4) is 0 Å². The quantitative estimate of drug-likeness (QED) is 0.534. The molecule has 0 aliphatic carbocycles. The average molecular weight is 386 g/mol. The second kappa shape index (κ2) is 8.19. The molecule has 1 unspecified atom stereocenters. The van der Waals surface area contributed by atoms with Crippen LogP contribution in [0.15, 0.2) is 77.4 Å². The van der Waals surface area contributed by atoms with Crippen LogP contribution < -0.4 is 4.72 Å². The maximum absolute atomic E-state index is 13.0. The molecule has 0 aromatic heterocycles. The third-order valence-electron chi connectivity index (χ3n) is 4.03. The highest BCUT2D eigenvalue weighted by atomic mass is 32.2. The number of hydrogen-bond donors (Lipinski definition) is 1. The van der Waals surface area contributed by atoms with Gasteiger partial charge in [-0.2, -0.15) is 4.72 Å². The molecule has 0 aliphatic rings. The van der Waals surface area contributed by atoms with E-state index in [1.807, 2.05) is 37.3 Å². The van der Waals surface area contributed by atoms with Gasteiger partial charge in [0.2, 0.25) is 10.0 Å². The lowest BCUT2D eigenvalue weighted by Crippen LogP contribution is -2.32. The molecule has 0 amide bonds. The molecule has 3 nitrogen and oxygen atoms in total. The Morgan fingerprint density at radius 3 is 2.15 bits per heavy atom. The van der Waals surface area contributed by atoms with Crippen molar-refractivity contribution in [2.24, 2.45) is 0 Å². The monoisotopic (exact) mass is 385 g/mol. The van der Waals surface area contributed by atoms with E-state index in [2.05, 4.69) is 36.7 Å². The summed E-state index contributed by atoms with van der Waals surface area (Å²) < 4.78 is 28.8. The van der Waals surface area contributed by atoms with Gasteiger partial charge in [-0.25, -0.2) is 8.42 Å². The standard InChI is InChI=1S/C21H27NO2SSi/c1-6-18(16-26(3,4)5)21(19-10-8-7-9-11-19)22-25(23,24)20-14-12-17(2)13-15-20/h7-15,21-22H,1,16H2,2-5H3. The largest absolute Gasteiger partial charge is 0.241 e. The van der Waals surface area contributed by atoms with E-state index in [4.69, 9.17) is 0 Å². The van der Waals surface area contributed by atoms with Crippen LogP contribution in [0.3, 0.4) is 0 Å². The fourth-order valence-electron chi connectivity index (χ4n) is 2.76. The number of hydrogen-bond acceptors (Lipinski definition) is 2. The smallest absolute Gasteiger partial charge is 0.207 e. The lowest BCUT2D eigenvalue weighted by Gasteiger charge is -2.25. The van der Waals surface area contributed by atoms with Crippen molar-refractivity contribution in [1.82, 2.24) is 4.72 Å². The Kier molecular flexibility index (Phi) is 6.42. The maximum Gasteiger partial charge on any atom is 0.241 e. The molecule has 0 heterocycles. The molecule has 2 aromatic carbocycles. The summed E-state index contributed by atoms with van der Waals surface area (Å²) in [6.07, 6.45) is 0. The van der Waals surface area contributed by atoms with Crippen LogP contribution in [0.1, 0.15) is 17.2 Å². The number of sulfonamides is 1. The van der Waals surface area contributed by atoms with Crippen molar-refractivity contribution < 1.29 is 8.42 Å². The predicted octanol–water partition coefficient (Wildman–Crippen LogP) is 5.06. The number of benzene rings is 2. The van der Waals surface area contributed by atoms with Gasteiger partial charge in [0.25, 0.3) is 0 Å². The molecule has 0 radical (unpaired) electrons. The molecule has 26 heavy (non-hydrogen) atoms. The lowest BCUT2D eigenvalue weighted by molar-refractivity contribution is 0.570. The zero-order valence-corrected chi connectivity index (χ0v) is 17.7. The highest BCUT2D eigenvalue weighted by Crippen LogP contribution is 2.30. The Balaban J connectivity index is 2.44. The van der Waals surface area contributed by atoms with Crippen molar-refractivity contribution >= 4 is 18.1 Å². The van der Waals surface area contributed by atoms with E-state index in [1.165, 1.54) is 0 Å². The summed E-state index contributed by atoms with van der Waals surface area (Å²) >= 11 is 0. The minimum atomic E-state index is -3.66. The van der Waals surface area contributed by atoms with E-state index in [0.717, 1.165) is 22.7 Å². The molecule has 2 aromatic rings. The Hall–Kier alpha value is -1.91. The second-order valence-electron chi connectivity index (χ2n) is 7.72. The van der Waals surface area contributed by atoms with Gasteiger partial charge in [-0.1, -0.05) is 74.2 Å². The fraction of sp³-hybridized carbons (Fsp3) is 0.286. The molecule has 2 rings (SSSR count). The van der Waals surface area contributed by atoms with Crippen LogP contribution in [0.25, 0.3) is 0 Å². The van der Waals surface area contributed by atoms with Gasteiger partial charge in [0, 0.05) is 8.07 Å². The van der Waals surface area contributed by atoms with E-state index in [1.54, 1.807) is 24.3 Å². The molecule has 0 bridgehead atoms. The zero-order valence-electron chi connectivity index (χ0n) is 15.9. The Bertz CT molecular complexity index is 891. The van der Waals surface area contributed by atoms with Gasteiger partial charge in [0.15, 0.2) is 0 Å². The minimum Gasteiger partial charge on any atom is -0.207 e. The van der Waals surface area contributed by atoms with Crippen LogP contribution in [-0.2, 0) is 10.0 Å². The average Bonchev–Trinajstić information content (AvgIpc) is 2.58. The first-order chi connectivity index (χ1) is 12.1. The molecular formula is C21H27NO2SSi. The van der Waals surface area contributed by atoms with Crippen molar-refractivity contribution in [2.75, 3.05) is 0 Å². The fourth-order valence-corrected chi connectivity index (χ4v) is 5.46. The van der Waals surface area contributed by atoms with Gasteiger partial charge in [0.1, 0.15) is 0 Å². The van der Waals surface area contributed by atoms with Crippen LogP contribution in [0.2, 0.25) is 25.7 Å². The topological polar surface area (TPSA) is 46.2 Å². The summed E-state index contributed by atoms with van der Waals surface area (Å²) in [5, 5.41) is 0. The number of nitrogens with one attached hydrogen (secondary N) is 1. The van der Waals surface area contributed by atoms with Crippen molar-refractivity contribution in [3.05, 3.63) is 83.6 Å². The molecule has 0 fully saturated rings. The molecule has 5 heteroatoms. The zero-order chi connectivity index (χ0) is 19.4. The van der Waals surface area contributed by atoms with Gasteiger partial charge in [-0.05, 0) is 36.2 Å². The van der Waals surface area contributed by atoms with Crippen LogP contribution in [0.4, 0.5) is 0 Å². The van der Waals surface area contributed by atoms with Crippen molar-refractivity contribution in [3.63, 3.8) is 0 Å². The first-order valence-electron chi connectivity index (χ1n) is 8.65. The van der Waals surface area contributed by atoms with E-state index < -0.39 is 24.1 Å². The summed E-state index contributed by atoms with van der Waals surface area (Å²) in [5.74, 6) is 0. The van der Waals surface area contributed by atoms with E-state index >= 15 is 0 Å². The van der Waals surface area contributed by atoms with Crippen LogP contribution in [0.5, 0.6) is 0 Å². The number of aryl methyl sites for hydroxylation is 1. The Labute approximate surface area is 158 Å². The lowest BCUT2D eigenvalue weighted by atomic mass is 10.0. The molecule has 1 atom stereocenters. The number of rotatable bonds is 7. The third kappa shape index (κ3) is 5.54. The van der Waals surface area contributed by atoms with Crippen LogP contribution in [0, 0.1) is 6.92 Å². The molecular weight excluding hydrogens is 358 g/mol. The van der Waals surface area contributed by atoms with Crippen LogP contribution in [-0.4, -0.2) is 16.5 Å². The first-order valence-corrected chi connectivity index (χ1v) is 13.8. The van der Waals surface area contributed by atoms with E-state index in [9.17, 15) is 8.42 Å². The molecule has 0 aliphatic heterocycles. The van der Waals surface area contributed by atoms with Gasteiger partial charge in [-0.3, -0.25) is 0 Å². The van der Waals surface area contributed by atoms with E-state index in [-0.39, 0.29) is 4.90 Å². The predicted molar refractivity (Wildman–Crippen MR) is 111 cm³/mol. The van der Waals surface area contributed by atoms with Gasteiger partial charge in [0.05, 0.1) is 10.9 Å². The van der Waals surface area contributed by atoms with Crippen molar-refractivity contribution in [2.45, 2.75) is 43.5 Å². The highest BCUT2D eigenvalue weighted by molar-refractivity contribution is 7.89. The summed E-state index contributed by atoms with van der Waals surface area (Å²) in [6.45, 7) is 12.5. The molecule has 138 valence electrons. The minimum absolute atomic E-state index is 0.264. The second-order valence-corrected chi connectivity index (χ2v) is 14.9. The molecule has 0 saturated heterocycles. The highest BCUT2D eigenvalue weighted by Gasteiger charge is 2.27. The SMILES string of the molecule is C=C=C(C[Si](C)(C)C)C(NS(=O)(=O)c1ccc(C)cc1)c1ccccc1. The van der Waals surface area contributed by atoms with E-state index in [0.29, 0.717) is 0 Å². The summed E-state index contributed by atoms with van der Waals surface area (Å²) in [5.41, 5.74) is 5.83.